The number of aromatic nitrogens is 2. The molecule has 1 aromatic rings. The van der Waals surface area contributed by atoms with Gasteiger partial charge < -0.3 is 5.11 Å². The molecule has 6 nitrogen and oxygen atoms in total. The van der Waals surface area contributed by atoms with Gasteiger partial charge in [0, 0.05) is 7.05 Å². The number of hydrogen-bond donors (Lipinski definition) is 1. The molecule has 0 aromatic carbocycles. The molecule has 0 saturated heterocycles. The molecule has 0 saturated carbocycles. The molecule has 0 unspecified atom stereocenters. The number of rotatable bonds is 2. The van der Waals surface area contributed by atoms with E-state index in [2.05, 4.69) is 5.10 Å². The largest absolute Gasteiger partial charge is 0.420 e. The molecule has 0 aliphatic carbocycles. The summed E-state index contributed by atoms with van der Waals surface area (Å²) in [6, 6.07) is 0. The van der Waals surface area contributed by atoms with Crippen molar-refractivity contribution in [2.45, 2.75) is 12.3 Å². The summed E-state index contributed by atoms with van der Waals surface area (Å²) in [4.78, 5) is 9.31. The highest BCUT2D eigenvalue weighted by atomic mass is 19.4. The topological polar surface area (TPSA) is 81.2 Å². The second-order valence-corrected chi connectivity index (χ2v) is 2.74. The Morgan fingerprint density at radius 1 is 1.67 bits per heavy atom. The summed E-state index contributed by atoms with van der Waals surface area (Å²) >= 11 is 0. The molecule has 0 radical (unpaired) electrons. The molecule has 0 aliphatic heterocycles. The molecule has 15 heavy (non-hydrogen) atoms. The number of aliphatic hydroxyl groups is 1. The zero-order valence-electron chi connectivity index (χ0n) is 7.39. The lowest BCUT2D eigenvalue weighted by Crippen LogP contribution is -2.23. The Morgan fingerprint density at radius 3 is 2.60 bits per heavy atom. The van der Waals surface area contributed by atoms with E-state index in [1.54, 1.807) is 0 Å². The minimum atomic E-state index is -4.96. The van der Waals surface area contributed by atoms with E-state index in [0.717, 1.165) is 7.05 Å². The third kappa shape index (κ3) is 2.06. The van der Waals surface area contributed by atoms with Gasteiger partial charge in [0.2, 0.25) is 0 Å². The maximum Gasteiger partial charge on any atom is 0.420 e. The van der Waals surface area contributed by atoms with Crippen LogP contribution in [-0.2, 0) is 7.05 Å². The lowest BCUT2D eigenvalue weighted by atomic mass is 10.2. The molecule has 0 aliphatic rings. The SMILES string of the molecule is Cn1ncc([N+](=O)[O-])c1[C@@H](O)C(F)(F)F. The number of alkyl halides is 3. The smallest absolute Gasteiger partial charge is 0.378 e. The van der Waals surface area contributed by atoms with Gasteiger partial charge in [0.25, 0.3) is 0 Å². The number of nitrogens with zero attached hydrogens (tertiary/aromatic N) is 3. The van der Waals surface area contributed by atoms with Crippen LogP contribution < -0.4 is 0 Å². The Labute approximate surface area is 81.1 Å². The van der Waals surface area contributed by atoms with Crippen molar-refractivity contribution in [2.75, 3.05) is 0 Å². The van der Waals surface area contributed by atoms with Crippen LogP contribution in [0.3, 0.4) is 0 Å². The molecule has 1 rings (SSSR count). The molecule has 1 aromatic heterocycles. The first-order valence-corrected chi connectivity index (χ1v) is 3.66. The quantitative estimate of drug-likeness (QED) is 0.599. The third-order valence-corrected chi connectivity index (χ3v) is 1.73. The zero-order chi connectivity index (χ0) is 11.8. The lowest BCUT2D eigenvalue weighted by Gasteiger charge is -2.13. The van der Waals surface area contributed by atoms with Gasteiger partial charge in [0.15, 0.2) is 11.8 Å². The molecular formula is C6H6F3N3O3. The van der Waals surface area contributed by atoms with Crippen LogP contribution in [-0.4, -0.2) is 26.0 Å². The normalized spacial score (nSPS) is 13.9. The van der Waals surface area contributed by atoms with Crippen molar-refractivity contribution in [2.24, 2.45) is 7.05 Å². The Hall–Kier alpha value is -1.64. The number of aliphatic hydroxyl groups excluding tert-OH is 1. The van der Waals surface area contributed by atoms with Crippen LogP contribution in [0.25, 0.3) is 0 Å². The average Bonchev–Trinajstić information content (AvgIpc) is 2.44. The van der Waals surface area contributed by atoms with Crippen molar-refractivity contribution in [3.63, 3.8) is 0 Å². The number of hydrogen-bond acceptors (Lipinski definition) is 4. The Balaban J connectivity index is 3.24. The molecular weight excluding hydrogens is 219 g/mol. The molecule has 84 valence electrons. The Bertz CT molecular complexity index is 387. The third-order valence-electron chi connectivity index (χ3n) is 1.73. The number of aryl methyl sites for hydroxylation is 1. The first-order valence-electron chi connectivity index (χ1n) is 3.66. The van der Waals surface area contributed by atoms with Gasteiger partial charge in [0.05, 0.1) is 4.92 Å². The van der Waals surface area contributed by atoms with Crippen LogP contribution in [0.4, 0.5) is 18.9 Å². The van der Waals surface area contributed by atoms with Crippen molar-refractivity contribution in [3.8, 4) is 0 Å². The summed E-state index contributed by atoms with van der Waals surface area (Å²) in [6.45, 7) is 0. The van der Waals surface area contributed by atoms with Crippen molar-refractivity contribution in [3.05, 3.63) is 22.0 Å². The summed E-state index contributed by atoms with van der Waals surface area (Å²) in [5.74, 6) is 0. The molecule has 1 heterocycles. The fourth-order valence-electron chi connectivity index (χ4n) is 1.05. The van der Waals surface area contributed by atoms with Gasteiger partial charge in [0.1, 0.15) is 6.20 Å². The highest BCUT2D eigenvalue weighted by Crippen LogP contribution is 2.36. The van der Waals surface area contributed by atoms with Crippen LogP contribution in [0.5, 0.6) is 0 Å². The van der Waals surface area contributed by atoms with Gasteiger partial charge in [-0.05, 0) is 0 Å². The van der Waals surface area contributed by atoms with Crippen LogP contribution in [0, 0.1) is 10.1 Å². The zero-order valence-corrected chi connectivity index (χ0v) is 7.39. The van der Waals surface area contributed by atoms with Gasteiger partial charge in [-0.15, -0.1) is 0 Å². The standard InChI is InChI=1S/C6H6F3N3O3/c1-11-4(5(13)6(7,8)9)3(2-10-11)12(14)15/h2,5,13H,1H3/t5-/m1/s1. The molecule has 0 amide bonds. The molecule has 0 fully saturated rings. The first kappa shape index (κ1) is 11.4. The maximum atomic E-state index is 12.1. The summed E-state index contributed by atoms with van der Waals surface area (Å²) in [7, 11) is 1.08. The van der Waals surface area contributed by atoms with E-state index >= 15 is 0 Å². The highest BCUT2D eigenvalue weighted by molar-refractivity contribution is 5.35. The summed E-state index contributed by atoms with van der Waals surface area (Å²) < 4.78 is 37.0. The average molecular weight is 225 g/mol. The van der Waals surface area contributed by atoms with Crippen molar-refractivity contribution >= 4 is 5.69 Å². The summed E-state index contributed by atoms with van der Waals surface area (Å²) in [6.07, 6.45) is -7.21. The van der Waals surface area contributed by atoms with Gasteiger partial charge in [-0.1, -0.05) is 0 Å². The fourth-order valence-corrected chi connectivity index (χ4v) is 1.05. The Morgan fingerprint density at radius 2 is 2.20 bits per heavy atom. The summed E-state index contributed by atoms with van der Waals surface area (Å²) in [5, 5.41) is 22.5. The fraction of sp³-hybridized carbons (Fsp3) is 0.500. The monoisotopic (exact) mass is 225 g/mol. The van der Waals surface area contributed by atoms with Crippen LogP contribution in [0.2, 0.25) is 0 Å². The minimum Gasteiger partial charge on any atom is -0.378 e. The van der Waals surface area contributed by atoms with Crippen molar-refractivity contribution in [1.82, 2.24) is 9.78 Å². The highest BCUT2D eigenvalue weighted by Gasteiger charge is 2.45. The molecule has 1 N–H and O–H groups in total. The number of halogens is 3. The van der Waals surface area contributed by atoms with E-state index < -0.39 is 28.6 Å². The molecule has 1 atom stereocenters. The molecule has 0 bridgehead atoms. The summed E-state index contributed by atoms with van der Waals surface area (Å²) in [5.41, 5.74) is -1.74. The van der Waals surface area contributed by atoms with E-state index in [0.29, 0.717) is 10.9 Å². The van der Waals surface area contributed by atoms with Gasteiger partial charge in [-0.3, -0.25) is 14.8 Å². The predicted octanol–water partition coefficient (Wildman–Crippen LogP) is 0.924. The van der Waals surface area contributed by atoms with E-state index in [-0.39, 0.29) is 0 Å². The van der Waals surface area contributed by atoms with Gasteiger partial charge in [-0.2, -0.15) is 18.3 Å². The second kappa shape index (κ2) is 3.50. The molecule has 0 spiro atoms. The minimum absolute atomic E-state index is 0.621. The maximum absolute atomic E-state index is 12.1. The van der Waals surface area contributed by atoms with Gasteiger partial charge in [-0.25, -0.2) is 0 Å². The van der Waals surface area contributed by atoms with Crippen LogP contribution in [0.15, 0.2) is 6.20 Å². The predicted molar refractivity (Wildman–Crippen MR) is 40.9 cm³/mol. The van der Waals surface area contributed by atoms with Crippen LogP contribution >= 0.6 is 0 Å². The van der Waals surface area contributed by atoms with Crippen molar-refractivity contribution < 1.29 is 23.2 Å². The van der Waals surface area contributed by atoms with E-state index in [4.69, 9.17) is 5.11 Å². The van der Waals surface area contributed by atoms with Crippen molar-refractivity contribution in [1.29, 1.82) is 0 Å². The molecule has 9 heteroatoms. The van der Waals surface area contributed by atoms with E-state index in [1.165, 1.54) is 0 Å². The van der Waals surface area contributed by atoms with E-state index in [1.807, 2.05) is 0 Å². The van der Waals surface area contributed by atoms with E-state index in [9.17, 15) is 23.3 Å². The second-order valence-electron chi connectivity index (χ2n) is 2.74. The lowest BCUT2D eigenvalue weighted by molar-refractivity contribution is -0.387. The number of nitro groups is 1. The first-order chi connectivity index (χ1) is 6.75. The Kier molecular flexibility index (Phi) is 2.67. The van der Waals surface area contributed by atoms with Crippen LogP contribution in [0.1, 0.15) is 11.8 Å². The van der Waals surface area contributed by atoms with Gasteiger partial charge >= 0.3 is 11.9 Å².